The van der Waals surface area contributed by atoms with E-state index in [4.69, 9.17) is 5.11 Å². The molecule has 0 unspecified atom stereocenters. The van der Waals surface area contributed by atoms with E-state index in [0.717, 1.165) is 0 Å². The van der Waals surface area contributed by atoms with Crippen LogP contribution in [0.15, 0.2) is 36.8 Å². The van der Waals surface area contributed by atoms with Gasteiger partial charge in [0.2, 0.25) is 5.95 Å². The summed E-state index contributed by atoms with van der Waals surface area (Å²) >= 11 is 0. The van der Waals surface area contributed by atoms with Crippen LogP contribution in [-0.2, 0) is 0 Å². The largest absolute Gasteiger partial charge is 0.508 e. The summed E-state index contributed by atoms with van der Waals surface area (Å²) in [6.45, 7) is 0. The first-order chi connectivity index (χ1) is 6.25. The highest BCUT2D eigenvalue weighted by atomic mass is 19.1. The molecule has 1 aromatic carbocycles. The Hall–Kier alpha value is -1.84. The predicted molar refractivity (Wildman–Crippen MR) is 45.2 cm³/mol. The van der Waals surface area contributed by atoms with Gasteiger partial charge in [-0.1, -0.05) is 6.07 Å². The van der Waals surface area contributed by atoms with Crippen molar-refractivity contribution in [3.05, 3.63) is 42.7 Å². The Labute approximate surface area is 74.1 Å². The number of halogens is 1. The molecule has 66 valence electrons. The lowest BCUT2D eigenvalue weighted by molar-refractivity contribution is 0.475. The molecule has 0 fully saturated rings. The summed E-state index contributed by atoms with van der Waals surface area (Å²) in [5, 5.41) is 9.15. The summed E-state index contributed by atoms with van der Waals surface area (Å²) in [7, 11) is 0. The Balaban J connectivity index is 2.46. The first-order valence-corrected chi connectivity index (χ1v) is 3.74. The molecule has 0 saturated carbocycles. The van der Waals surface area contributed by atoms with Crippen LogP contribution in [-0.4, -0.2) is 14.7 Å². The smallest absolute Gasteiger partial charge is 0.231 e. The third-order valence-corrected chi connectivity index (χ3v) is 1.68. The second-order valence-electron chi connectivity index (χ2n) is 2.62. The van der Waals surface area contributed by atoms with Crippen molar-refractivity contribution in [2.24, 2.45) is 0 Å². The number of benzene rings is 1. The lowest BCUT2D eigenvalue weighted by Crippen LogP contribution is -1.88. The van der Waals surface area contributed by atoms with E-state index in [1.807, 2.05) is 0 Å². The van der Waals surface area contributed by atoms with Crippen molar-refractivity contribution >= 4 is 0 Å². The van der Waals surface area contributed by atoms with Crippen molar-refractivity contribution in [1.29, 1.82) is 0 Å². The molecule has 0 spiro atoms. The van der Waals surface area contributed by atoms with Gasteiger partial charge in [0.1, 0.15) is 12.1 Å². The normalized spacial score (nSPS) is 10.2. The van der Waals surface area contributed by atoms with Crippen molar-refractivity contribution in [1.82, 2.24) is 9.55 Å². The van der Waals surface area contributed by atoms with Gasteiger partial charge >= 0.3 is 0 Å². The van der Waals surface area contributed by atoms with Crippen molar-refractivity contribution in [3.63, 3.8) is 0 Å². The maximum Gasteiger partial charge on any atom is 0.231 e. The lowest BCUT2D eigenvalue weighted by atomic mass is 10.3. The molecule has 0 aliphatic heterocycles. The number of hydrogen-bond donors (Lipinski definition) is 1. The van der Waals surface area contributed by atoms with Crippen LogP contribution in [0.1, 0.15) is 0 Å². The molecular weight excluding hydrogens is 171 g/mol. The van der Waals surface area contributed by atoms with Gasteiger partial charge in [0, 0.05) is 6.07 Å². The van der Waals surface area contributed by atoms with E-state index in [1.54, 1.807) is 18.2 Å². The predicted octanol–water partition coefficient (Wildman–Crippen LogP) is 1.72. The van der Waals surface area contributed by atoms with E-state index in [2.05, 4.69) is 4.98 Å². The van der Waals surface area contributed by atoms with E-state index in [-0.39, 0.29) is 5.75 Å². The Morgan fingerprint density at radius 3 is 2.85 bits per heavy atom. The van der Waals surface area contributed by atoms with Gasteiger partial charge in [0.15, 0.2) is 0 Å². The maximum atomic E-state index is 12.5. The van der Waals surface area contributed by atoms with Crippen LogP contribution in [0.5, 0.6) is 5.75 Å². The van der Waals surface area contributed by atoms with Crippen molar-refractivity contribution in [2.75, 3.05) is 0 Å². The van der Waals surface area contributed by atoms with Crippen LogP contribution < -0.4 is 0 Å². The fraction of sp³-hybridized carbons (Fsp3) is 0. The molecule has 13 heavy (non-hydrogen) atoms. The molecule has 0 radical (unpaired) electrons. The fourth-order valence-electron chi connectivity index (χ4n) is 1.09. The summed E-state index contributed by atoms with van der Waals surface area (Å²) < 4.78 is 14.0. The standard InChI is InChI=1S/C9H7FN2O/c10-9-5-12(6-11-9)7-2-1-3-8(13)4-7/h1-6,13H. The first kappa shape index (κ1) is 7.79. The average molecular weight is 178 g/mol. The molecule has 0 bridgehead atoms. The van der Waals surface area contributed by atoms with E-state index in [9.17, 15) is 4.39 Å². The summed E-state index contributed by atoms with van der Waals surface area (Å²) in [4.78, 5) is 3.44. The first-order valence-electron chi connectivity index (χ1n) is 3.74. The van der Waals surface area contributed by atoms with Crippen LogP contribution in [0.4, 0.5) is 4.39 Å². The highest BCUT2D eigenvalue weighted by Gasteiger charge is 1.99. The molecule has 0 aliphatic carbocycles. The Kier molecular flexibility index (Phi) is 1.73. The van der Waals surface area contributed by atoms with Crippen LogP contribution in [0.2, 0.25) is 0 Å². The molecule has 3 nitrogen and oxygen atoms in total. The van der Waals surface area contributed by atoms with Crippen molar-refractivity contribution < 1.29 is 9.50 Å². The topological polar surface area (TPSA) is 38.0 Å². The highest BCUT2D eigenvalue weighted by Crippen LogP contribution is 2.14. The van der Waals surface area contributed by atoms with Gasteiger partial charge in [0.25, 0.3) is 0 Å². The molecule has 1 heterocycles. The number of phenols is 1. The number of aromatic nitrogens is 2. The monoisotopic (exact) mass is 178 g/mol. The third-order valence-electron chi connectivity index (χ3n) is 1.68. The van der Waals surface area contributed by atoms with E-state index >= 15 is 0 Å². The Morgan fingerprint density at radius 2 is 2.23 bits per heavy atom. The fourth-order valence-corrected chi connectivity index (χ4v) is 1.09. The number of phenolic OH excluding ortho intramolecular Hbond substituents is 1. The minimum Gasteiger partial charge on any atom is -0.508 e. The van der Waals surface area contributed by atoms with Crippen molar-refractivity contribution in [3.8, 4) is 11.4 Å². The van der Waals surface area contributed by atoms with Crippen LogP contribution >= 0.6 is 0 Å². The molecule has 0 aliphatic rings. The molecule has 1 aromatic heterocycles. The third kappa shape index (κ3) is 1.51. The molecule has 4 heteroatoms. The second kappa shape index (κ2) is 2.90. The minimum absolute atomic E-state index is 0.145. The molecule has 0 atom stereocenters. The summed E-state index contributed by atoms with van der Waals surface area (Å²) in [6.07, 6.45) is 2.60. The van der Waals surface area contributed by atoms with Crippen LogP contribution in [0, 0.1) is 5.95 Å². The molecule has 2 aromatic rings. The number of aromatic hydroxyl groups is 1. The van der Waals surface area contributed by atoms with Gasteiger partial charge in [0.05, 0.1) is 11.9 Å². The van der Waals surface area contributed by atoms with E-state index in [1.165, 1.54) is 23.2 Å². The number of imidazole rings is 1. The summed E-state index contributed by atoms with van der Waals surface area (Å²) in [5.74, 6) is -0.394. The molecular formula is C9H7FN2O. The van der Waals surface area contributed by atoms with Gasteiger partial charge in [-0.25, -0.2) is 4.98 Å². The van der Waals surface area contributed by atoms with E-state index in [0.29, 0.717) is 5.69 Å². The second-order valence-corrected chi connectivity index (χ2v) is 2.62. The Morgan fingerprint density at radius 1 is 1.38 bits per heavy atom. The number of rotatable bonds is 1. The quantitative estimate of drug-likeness (QED) is 0.721. The number of nitrogens with zero attached hydrogens (tertiary/aromatic N) is 2. The Bertz CT molecular complexity index is 425. The zero-order chi connectivity index (χ0) is 9.26. The highest BCUT2D eigenvalue weighted by molar-refractivity contribution is 5.38. The van der Waals surface area contributed by atoms with Crippen LogP contribution in [0.3, 0.4) is 0 Å². The van der Waals surface area contributed by atoms with Crippen LogP contribution in [0.25, 0.3) is 5.69 Å². The zero-order valence-corrected chi connectivity index (χ0v) is 6.68. The van der Waals surface area contributed by atoms with Gasteiger partial charge < -0.3 is 9.67 Å². The SMILES string of the molecule is Oc1cccc(-n2cnc(F)c2)c1. The average Bonchev–Trinajstić information content (AvgIpc) is 2.52. The van der Waals surface area contributed by atoms with Gasteiger partial charge in [-0.2, -0.15) is 4.39 Å². The number of hydrogen-bond acceptors (Lipinski definition) is 2. The lowest BCUT2D eigenvalue weighted by Gasteiger charge is -2.00. The molecule has 0 saturated heterocycles. The van der Waals surface area contributed by atoms with Gasteiger partial charge in [-0.05, 0) is 12.1 Å². The molecule has 2 rings (SSSR count). The zero-order valence-electron chi connectivity index (χ0n) is 6.68. The maximum absolute atomic E-state index is 12.5. The summed E-state index contributed by atoms with van der Waals surface area (Å²) in [6, 6.07) is 6.52. The van der Waals surface area contributed by atoms with Gasteiger partial charge in [-0.15, -0.1) is 0 Å². The summed E-state index contributed by atoms with van der Waals surface area (Å²) in [5.41, 5.74) is 0.677. The van der Waals surface area contributed by atoms with Gasteiger partial charge in [-0.3, -0.25) is 0 Å². The van der Waals surface area contributed by atoms with E-state index < -0.39 is 5.95 Å². The molecule has 0 amide bonds. The molecule has 1 N–H and O–H groups in total. The van der Waals surface area contributed by atoms with Crippen molar-refractivity contribution in [2.45, 2.75) is 0 Å². The minimum atomic E-state index is -0.539.